The number of benzene rings is 1. The van der Waals surface area contributed by atoms with Gasteiger partial charge in [0, 0.05) is 50.7 Å². The van der Waals surface area contributed by atoms with Gasteiger partial charge in [-0.2, -0.15) is 0 Å². The zero-order chi connectivity index (χ0) is 20.1. The third-order valence-electron chi connectivity index (χ3n) is 6.12. The normalized spacial score (nSPS) is 19.0. The van der Waals surface area contributed by atoms with Crippen LogP contribution < -0.4 is 5.32 Å². The Labute approximate surface area is 169 Å². The van der Waals surface area contributed by atoms with E-state index in [2.05, 4.69) is 31.0 Å². The monoisotopic (exact) mass is 385 g/mol. The van der Waals surface area contributed by atoms with Crippen LogP contribution in [0.4, 0.5) is 0 Å². The Morgan fingerprint density at radius 1 is 1.00 bits per heavy atom. The predicted octanol–water partition coefficient (Wildman–Crippen LogP) is 3.05. The molecule has 1 aromatic rings. The highest BCUT2D eigenvalue weighted by atomic mass is 16.2. The lowest BCUT2D eigenvalue weighted by Crippen LogP contribution is -2.51. The highest BCUT2D eigenvalue weighted by Gasteiger charge is 2.29. The SMILES string of the molecule is CC(C)(C)c1ccc(C(=O)NCCN2CCN(C(=O)C3CCCC3)CC2)cc1. The van der Waals surface area contributed by atoms with Crippen molar-refractivity contribution in [2.45, 2.75) is 51.9 Å². The van der Waals surface area contributed by atoms with Crippen LogP contribution in [0.5, 0.6) is 0 Å². The van der Waals surface area contributed by atoms with E-state index in [1.807, 2.05) is 29.2 Å². The number of nitrogens with zero attached hydrogens (tertiary/aromatic N) is 2. The van der Waals surface area contributed by atoms with Crippen LogP contribution in [-0.2, 0) is 10.2 Å². The fraction of sp³-hybridized carbons (Fsp3) is 0.652. The Morgan fingerprint density at radius 3 is 2.18 bits per heavy atom. The van der Waals surface area contributed by atoms with Crippen molar-refractivity contribution in [2.75, 3.05) is 39.3 Å². The number of amides is 2. The molecule has 1 N–H and O–H groups in total. The highest BCUT2D eigenvalue weighted by molar-refractivity contribution is 5.94. The van der Waals surface area contributed by atoms with Crippen LogP contribution in [0.2, 0.25) is 0 Å². The zero-order valence-corrected chi connectivity index (χ0v) is 17.7. The van der Waals surface area contributed by atoms with E-state index in [0.29, 0.717) is 18.0 Å². The van der Waals surface area contributed by atoms with Gasteiger partial charge in [0.1, 0.15) is 0 Å². The van der Waals surface area contributed by atoms with Gasteiger partial charge in [0.2, 0.25) is 5.91 Å². The summed E-state index contributed by atoms with van der Waals surface area (Å²) in [6.07, 6.45) is 4.55. The lowest BCUT2D eigenvalue weighted by Gasteiger charge is -2.36. The van der Waals surface area contributed by atoms with Gasteiger partial charge in [0.15, 0.2) is 0 Å². The Kier molecular flexibility index (Phi) is 6.76. The third kappa shape index (κ3) is 5.34. The lowest BCUT2D eigenvalue weighted by atomic mass is 9.87. The van der Waals surface area contributed by atoms with Gasteiger partial charge in [-0.05, 0) is 36.0 Å². The summed E-state index contributed by atoms with van der Waals surface area (Å²) in [7, 11) is 0. The van der Waals surface area contributed by atoms with Crippen molar-refractivity contribution in [3.8, 4) is 0 Å². The topological polar surface area (TPSA) is 52.7 Å². The third-order valence-corrected chi connectivity index (χ3v) is 6.12. The quantitative estimate of drug-likeness (QED) is 0.848. The Bertz CT molecular complexity index is 664. The first-order valence-electron chi connectivity index (χ1n) is 10.7. The second kappa shape index (κ2) is 9.08. The molecule has 1 aliphatic heterocycles. The number of carbonyl (C=O) groups is 2. The molecule has 2 amide bonds. The summed E-state index contributed by atoms with van der Waals surface area (Å²) >= 11 is 0. The fourth-order valence-corrected chi connectivity index (χ4v) is 4.17. The van der Waals surface area contributed by atoms with Gasteiger partial charge >= 0.3 is 0 Å². The molecule has 1 heterocycles. The molecule has 154 valence electrons. The zero-order valence-electron chi connectivity index (χ0n) is 17.7. The summed E-state index contributed by atoms with van der Waals surface area (Å²) in [6.45, 7) is 11.4. The summed E-state index contributed by atoms with van der Waals surface area (Å²) in [5.74, 6) is 0.621. The van der Waals surface area contributed by atoms with Gasteiger partial charge in [-0.1, -0.05) is 45.7 Å². The van der Waals surface area contributed by atoms with Crippen molar-refractivity contribution >= 4 is 11.8 Å². The molecule has 1 saturated carbocycles. The van der Waals surface area contributed by atoms with E-state index < -0.39 is 0 Å². The van der Waals surface area contributed by atoms with Crippen LogP contribution in [0.15, 0.2) is 24.3 Å². The number of rotatable bonds is 5. The van der Waals surface area contributed by atoms with Crippen LogP contribution in [0, 0.1) is 5.92 Å². The minimum atomic E-state index is -0.0180. The molecule has 0 bridgehead atoms. The molecular weight excluding hydrogens is 350 g/mol. The van der Waals surface area contributed by atoms with Crippen LogP contribution >= 0.6 is 0 Å². The first-order chi connectivity index (χ1) is 13.3. The second-order valence-corrected chi connectivity index (χ2v) is 9.23. The molecule has 0 unspecified atom stereocenters. The lowest BCUT2D eigenvalue weighted by molar-refractivity contribution is -0.137. The van der Waals surface area contributed by atoms with Crippen LogP contribution in [0.25, 0.3) is 0 Å². The smallest absolute Gasteiger partial charge is 0.251 e. The first-order valence-corrected chi connectivity index (χ1v) is 10.7. The van der Waals surface area contributed by atoms with Crippen molar-refractivity contribution in [3.63, 3.8) is 0 Å². The predicted molar refractivity (Wildman–Crippen MR) is 112 cm³/mol. The number of piperazine rings is 1. The van der Waals surface area contributed by atoms with Gasteiger partial charge in [0.25, 0.3) is 5.91 Å². The van der Waals surface area contributed by atoms with E-state index in [4.69, 9.17) is 0 Å². The van der Waals surface area contributed by atoms with E-state index in [-0.39, 0.29) is 17.2 Å². The average molecular weight is 386 g/mol. The van der Waals surface area contributed by atoms with Crippen LogP contribution in [0.3, 0.4) is 0 Å². The average Bonchev–Trinajstić information content (AvgIpc) is 3.22. The highest BCUT2D eigenvalue weighted by Crippen LogP contribution is 2.27. The maximum Gasteiger partial charge on any atom is 0.251 e. The molecule has 3 rings (SSSR count). The van der Waals surface area contributed by atoms with Crippen molar-refractivity contribution in [2.24, 2.45) is 5.92 Å². The summed E-state index contributed by atoms with van der Waals surface area (Å²) in [6, 6.07) is 7.89. The molecule has 5 nitrogen and oxygen atoms in total. The summed E-state index contributed by atoms with van der Waals surface area (Å²) < 4.78 is 0. The van der Waals surface area contributed by atoms with Gasteiger partial charge in [0.05, 0.1) is 0 Å². The van der Waals surface area contributed by atoms with E-state index in [0.717, 1.165) is 45.6 Å². The molecule has 1 aliphatic carbocycles. The Balaban J connectivity index is 1.37. The number of hydrogen-bond donors (Lipinski definition) is 1. The van der Waals surface area contributed by atoms with Gasteiger partial charge in [-0.3, -0.25) is 14.5 Å². The van der Waals surface area contributed by atoms with Crippen molar-refractivity contribution < 1.29 is 9.59 Å². The molecule has 1 saturated heterocycles. The molecule has 0 spiro atoms. The fourth-order valence-electron chi connectivity index (χ4n) is 4.17. The molecular formula is C23H35N3O2. The molecule has 2 aliphatic rings. The maximum atomic E-state index is 12.5. The van der Waals surface area contributed by atoms with Crippen molar-refractivity contribution in [3.05, 3.63) is 35.4 Å². The minimum absolute atomic E-state index is 0.0180. The molecule has 0 aromatic heterocycles. The Hall–Kier alpha value is -1.88. The van der Waals surface area contributed by atoms with Gasteiger partial charge < -0.3 is 10.2 Å². The van der Waals surface area contributed by atoms with E-state index >= 15 is 0 Å². The minimum Gasteiger partial charge on any atom is -0.351 e. The van der Waals surface area contributed by atoms with E-state index in [9.17, 15) is 9.59 Å². The van der Waals surface area contributed by atoms with Crippen LogP contribution in [0.1, 0.15) is 62.4 Å². The molecule has 1 aromatic carbocycles. The first kappa shape index (κ1) is 20.8. The largest absolute Gasteiger partial charge is 0.351 e. The molecule has 2 fully saturated rings. The van der Waals surface area contributed by atoms with Crippen LogP contribution in [-0.4, -0.2) is 60.9 Å². The molecule has 0 atom stereocenters. The van der Waals surface area contributed by atoms with Crippen molar-refractivity contribution in [1.29, 1.82) is 0 Å². The molecule has 5 heteroatoms. The van der Waals surface area contributed by atoms with E-state index in [1.54, 1.807) is 0 Å². The molecule has 28 heavy (non-hydrogen) atoms. The number of hydrogen-bond acceptors (Lipinski definition) is 3. The van der Waals surface area contributed by atoms with E-state index in [1.165, 1.54) is 18.4 Å². The standard InChI is InChI=1S/C23H35N3O2/c1-23(2,3)20-10-8-18(9-11-20)21(27)24-12-13-25-14-16-26(17-15-25)22(28)19-6-4-5-7-19/h8-11,19H,4-7,12-17H2,1-3H3,(H,24,27). The van der Waals surface area contributed by atoms with Gasteiger partial charge in [-0.15, -0.1) is 0 Å². The Morgan fingerprint density at radius 2 is 1.61 bits per heavy atom. The van der Waals surface area contributed by atoms with Crippen molar-refractivity contribution in [1.82, 2.24) is 15.1 Å². The second-order valence-electron chi connectivity index (χ2n) is 9.23. The summed E-state index contributed by atoms with van der Waals surface area (Å²) in [5.41, 5.74) is 2.03. The number of nitrogens with one attached hydrogen (secondary N) is 1. The number of carbonyl (C=O) groups excluding carboxylic acids is 2. The molecule has 0 radical (unpaired) electrons. The van der Waals surface area contributed by atoms with Gasteiger partial charge in [-0.25, -0.2) is 0 Å². The maximum absolute atomic E-state index is 12.5. The summed E-state index contributed by atoms with van der Waals surface area (Å²) in [4.78, 5) is 29.2. The summed E-state index contributed by atoms with van der Waals surface area (Å²) in [5, 5.41) is 3.02.